The zero-order valence-electron chi connectivity index (χ0n) is 11.6. The van der Waals surface area contributed by atoms with Gasteiger partial charge in [0.2, 0.25) is 0 Å². The Bertz CT molecular complexity index is 593. The molecule has 1 fully saturated rings. The molecule has 2 aromatic rings. The summed E-state index contributed by atoms with van der Waals surface area (Å²) in [5.41, 5.74) is 0.767. The minimum atomic E-state index is -0.408. The summed E-state index contributed by atoms with van der Waals surface area (Å²) in [6.45, 7) is 0. The molecule has 1 aromatic carbocycles. The number of hydrogen-bond acceptors (Lipinski definition) is 5. The highest BCUT2D eigenvalue weighted by Gasteiger charge is 2.16. The van der Waals surface area contributed by atoms with Crippen LogP contribution in [0.3, 0.4) is 0 Å². The molecule has 0 spiro atoms. The number of carbonyl (C=O) groups is 1. The van der Waals surface area contributed by atoms with E-state index >= 15 is 0 Å². The molecule has 3 rings (SSSR count). The molecule has 0 saturated heterocycles. The van der Waals surface area contributed by atoms with Crippen molar-refractivity contribution in [3.8, 4) is 17.1 Å². The van der Waals surface area contributed by atoms with Crippen molar-refractivity contribution in [1.82, 2.24) is 25.9 Å². The van der Waals surface area contributed by atoms with Gasteiger partial charge in [-0.25, -0.2) is 9.89 Å². The number of nitrogens with zero attached hydrogens (tertiary/aromatic N) is 3. The third-order valence-corrected chi connectivity index (χ3v) is 3.59. The molecular weight excluding hydrogens is 270 g/mol. The lowest BCUT2D eigenvalue weighted by atomic mass is 9.96. The summed E-state index contributed by atoms with van der Waals surface area (Å²) in [7, 11) is 0. The molecule has 21 heavy (non-hydrogen) atoms. The molecule has 110 valence electrons. The number of amides is 1. The fourth-order valence-electron chi connectivity index (χ4n) is 2.54. The van der Waals surface area contributed by atoms with Crippen molar-refractivity contribution >= 4 is 6.09 Å². The molecule has 1 aliphatic rings. The number of H-pyrrole nitrogens is 1. The molecule has 1 amide bonds. The molecule has 1 aromatic heterocycles. The molecule has 7 heteroatoms. The first-order valence-electron chi connectivity index (χ1n) is 7.14. The Morgan fingerprint density at radius 2 is 2.14 bits per heavy atom. The van der Waals surface area contributed by atoms with Gasteiger partial charge in [-0.2, -0.15) is 0 Å². The van der Waals surface area contributed by atoms with Gasteiger partial charge in [0.25, 0.3) is 0 Å². The Morgan fingerprint density at radius 1 is 1.29 bits per heavy atom. The van der Waals surface area contributed by atoms with Crippen molar-refractivity contribution in [2.75, 3.05) is 0 Å². The first-order valence-corrected chi connectivity index (χ1v) is 7.14. The van der Waals surface area contributed by atoms with Crippen LogP contribution in [0.1, 0.15) is 32.1 Å². The van der Waals surface area contributed by atoms with Gasteiger partial charge in [0.05, 0.1) is 0 Å². The van der Waals surface area contributed by atoms with Gasteiger partial charge in [-0.05, 0) is 35.4 Å². The average Bonchev–Trinajstić information content (AvgIpc) is 3.02. The Hall–Kier alpha value is -2.44. The summed E-state index contributed by atoms with van der Waals surface area (Å²) in [5.74, 6) is 1.00. The molecule has 0 unspecified atom stereocenters. The normalized spacial score (nSPS) is 15.6. The van der Waals surface area contributed by atoms with Gasteiger partial charge in [0.1, 0.15) is 5.75 Å². The molecule has 2 N–H and O–H groups in total. The van der Waals surface area contributed by atoms with Gasteiger partial charge in [0, 0.05) is 11.6 Å². The van der Waals surface area contributed by atoms with E-state index in [2.05, 4.69) is 25.9 Å². The van der Waals surface area contributed by atoms with E-state index in [0.717, 1.165) is 18.4 Å². The highest BCUT2D eigenvalue weighted by atomic mass is 16.6. The first kappa shape index (κ1) is 13.5. The maximum absolute atomic E-state index is 11.9. The predicted molar refractivity (Wildman–Crippen MR) is 75.6 cm³/mol. The summed E-state index contributed by atoms with van der Waals surface area (Å²) in [4.78, 5) is 11.9. The minimum Gasteiger partial charge on any atom is -0.410 e. The SMILES string of the molecule is O=C(NC1CCCCC1)Oc1cccc(-c2nnn[nH]2)c1. The lowest BCUT2D eigenvalue weighted by Gasteiger charge is -2.22. The Morgan fingerprint density at radius 3 is 2.90 bits per heavy atom. The molecule has 0 radical (unpaired) electrons. The number of hydrogen-bond donors (Lipinski definition) is 2. The number of rotatable bonds is 3. The average molecular weight is 287 g/mol. The third-order valence-electron chi connectivity index (χ3n) is 3.59. The van der Waals surface area contributed by atoms with Gasteiger partial charge in [0.15, 0.2) is 5.82 Å². The smallest absolute Gasteiger partial charge is 0.410 e. The van der Waals surface area contributed by atoms with Gasteiger partial charge < -0.3 is 10.1 Å². The second-order valence-corrected chi connectivity index (χ2v) is 5.15. The number of aromatic amines is 1. The summed E-state index contributed by atoms with van der Waals surface area (Å²) >= 11 is 0. The van der Waals surface area contributed by atoms with Crippen LogP contribution < -0.4 is 10.1 Å². The zero-order valence-corrected chi connectivity index (χ0v) is 11.6. The molecule has 0 aliphatic heterocycles. The van der Waals surface area contributed by atoms with E-state index in [1.165, 1.54) is 19.3 Å². The standard InChI is InChI=1S/C14H17N5O2/c20-14(15-11-6-2-1-3-7-11)21-12-8-4-5-10(9-12)13-16-18-19-17-13/h4-5,8-9,11H,1-3,6-7H2,(H,15,20)(H,16,17,18,19). The topological polar surface area (TPSA) is 92.8 Å². The lowest BCUT2D eigenvalue weighted by molar-refractivity contribution is 0.192. The largest absolute Gasteiger partial charge is 0.412 e. The van der Waals surface area contributed by atoms with Crippen molar-refractivity contribution in [3.05, 3.63) is 24.3 Å². The maximum Gasteiger partial charge on any atom is 0.412 e. The van der Waals surface area contributed by atoms with E-state index < -0.39 is 6.09 Å². The Balaban J connectivity index is 1.62. The van der Waals surface area contributed by atoms with Crippen LogP contribution >= 0.6 is 0 Å². The van der Waals surface area contributed by atoms with Crippen LogP contribution in [0, 0.1) is 0 Å². The summed E-state index contributed by atoms with van der Waals surface area (Å²) < 4.78 is 5.32. The molecule has 0 atom stereocenters. The van der Waals surface area contributed by atoms with E-state index in [1.807, 2.05) is 6.07 Å². The van der Waals surface area contributed by atoms with Gasteiger partial charge >= 0.3 is 6.09 Å². The molecule has 1 saturated carbocycles. The summed E-state index contributed by atoms with van der Waals surface area (Å²) in [5, 5.41) is 16.5. The highest BCUT2D eigenvalue weighted by Crippen LogP contribution is 2.21. The van der Waals surface area contributed by atoms with E-state index in [-0.39, 0.29) is 6.04 Å². The highest BCUT2D eigenvalue weighted by molar-refractivity contribution is 5.71. The van der Waals surface area contributed by atoms with E-state index in [9.17, 15) is 4.79 Å². The van der Waals surface area contributed by atoms with Crippen LogP contribution in [-0.4, -0.2) is 32.8 Å². The number of tetrazole rings is 1. The van der Waals surface area contributed by atoms with E-state index in [4.69, 9.17) is 4.74 Å². The predicted octanol–water partition coefficient (Wildman–Crippen LogP) is 2.29. The number of benzene rings is 1. The van der Waals surface area contributed by atoms with Crippen LogP contribution in [0.15, 0.2) is 24.3 Å². The molecule has 0 bridgehead atoms. The number of carbonyl (C=O) groups excluding carboxylic acids is 1. The van der Waals surface area contributed by atoms with Gasteiger partial charge in [-0.15, -0.1) is 5.10 Å². The van der Waals surface area contributed by atoms with Gasteiger partial charge in [-0.1, -0.05) is 31.4 Å². The van der Waals surface area contributed by atoms with Crippen LogP contribution in [-0.2, 0) is 0 Å². The van der Waals surface area contributed by atoms with Crippen molar-refractivity contribution < 1.29 is 9.53 Å². The molecule has 7 nitrogen and oxygen atoms in total. The summed E-state index contributed by atoms with van der Waals surface area (Å²) in [6.07, 6.45) is 5.23. The second kappa shape index (κ2) is 6.34. The van der Waals surface area contributed by atoms with Crippen LogP contribution in [0.2, 0.25) is 0 Å². The molecule has 1 heterocycles. The summed E-state index contributed by atoms with van der Waals surface area (Å²) in [6, 6.07) is 7.32. The Labute approximate surface area is 122 Å². The van der Waals surface area contributed by atoms with Crippen molar-refractivity contribution in [3.63, 3.8) is 0 Å². The number of ether oxygens (including phenoxy) is 1. The van der Waals surface area contributed by atoms with Crippen molar-refractivity contribution in [2.45, 2.75) is 38.1 Å². The fourth-order valence-corrected chi connectivity index (χ4v) is 2.54. The number of aromatic nitrogens is 4. The minimum absolute atomic E-state index is 0.230. The monoisotopic (exact) mass is 287 g/mol. The van der Waals surface area contributed by atoms with E-state index in [0.29, 0.717) is 11.6 Å². The van der Waals surface area contributed by atoms with Crippen LogP contribution in [0.25, 0.3) is 11.4 Å². The third kappa shape index (κ3) is 3.56. The van der Waals surface area contributed by atoms with Crippen LogP contribution in [0.5, 0.6) is 5.75 Å². The zero-order chi connectivity index (χ0) is 14.5. The van der Waals surface area contributed by atoms with E-state index in [1.54, 1.807) is 18.2 Å². The Kier molecular flexibility index (Phi) is 4.09. The quantitative estimate of drug-likeness (QED) is 0.903. The lowest BCUT2D eigenvalue weighted by Crippen LogP contribution is -2.37. The van der Waals surface area contributed by atoms with Gasteiger partial charge in [-0.3, -0.25) is 0 Å². The first-order chi connectivity index (χ1) is 10.3. The maximum atomic E-state index is 11.9. The number of nitrogens with one attached hydrogen (secondary N) is 2. The molecular formula is C14H17N5O2. The van der Waals surface area contributed by atoms with Crippen molar-refractivity contribution in [1.29, 1.82) is 0 Å². The van der Waals surface area contributed by atoms with Crippen molar-refractivity contribution in [2.24, 2.45) is 0 Å². The molecule has 1 aliphatic carbocycles. The van der Waals surface area contributed by atoms with Crippen LogP contribution in [0.4, 0.5) is 4.79 Å². The second-order valence-electron chi connectivity index (χ2n) is 5.15. The fraction of sp³-hybridized carbons (Fsp3) is 0.429.